The molecule has 2 saturated heterocycles. The largest absolute Gasteiger partial charge is 0.381 e. The Kier molecular flexibility index (Phi) is 5.63. The molecule has 2 aliphatic rings. The fraction of sp³-hybridized carbons (Fsp3) is 0.579. The van der Waals surface area contributed by atoms with Gasteiger partial charge in [0.1, 0.15) is 0 Å². The number of nitrogens with one attached hydrogen (secondary N) is 1. The van der Waals surface area contributed by atoms with Gasteiger partial charge >= 0.3 is 0 Å². The van der Waals surface area contributed by atoms with Crippen LogP contribution in [0.15, 0.2) is 24.3 Å². The minimum absolute atomic E-state index is 0.0892. The summed E-state index contributed by atoms with van der Waals surface area (Å²) in [4.78, 5) is 24.5. The normalized spacial score (nSPS) is 25.2. The number of Topliss-reactive ketones (excluding diaryl/α,β-unsaturated/α-hetero) is 1. The second-order valence-corrected chi connectivity index (χ2v) is 6.66. The van der Waals surface area contributed by atoms with E-state index in [9.17, 15) is 9.59 Å². The van der Waals surface area contributed by atoms with Crippen LogP contribution in [0.2, 0.25) is 0 Å². The molecule has 2 atom stereocenters. The van der Waals surface area contributed by atoms with Crippen LogP contribution in [0.4, 0.5) is 0 Å². The van der Waals surface area contributed by atoms with Crippen LogP contribution in [-0.2, 0) is 9.47 Å². The van der Waals surface area contributed by atoms with Crippen LogP contribution in [0, 0.1) is 11.8 Å². The van der Waals surface area contributed by atoms with E-state index in [1.807, 2.05) is 0 Å². The first-order chi connectivity index (χ1) is 11.7. The SMILES string of the molecule is CC(=O)c1ccccc1C(=O)N[C@H]1CCOC[C@H]1C1CCOCC1. The monoisotopic (exact) mass is 331 g/mol. The molecule has 0 radical (unpaired) electrons. The van der Waals surface area contributed by atoms with Gasteiger partial charge in [0.05, 0.1) is 12.2 Å². The average Bonchev–Trinajstić information content (AvgIpc) is 2.63. The van der Waals surface area contributed by atoms with Crippen LogP contribution in [0.5, 0.6) is 0 Å². The molecule has 1 amide bonds. The van der Waals surface area contributed by atoms with Gasteiger partial charge in [-0.15, -0.1) is 0 Å². The highest BCUT2D eigenvalue weighted by atomic mass is 16.5. The molecule has 0 unspecified atom stereocenters. The predicted octanol–water partition coefficient (Wildman–Crippen LogP) is 2.45. The minimum Gasteiger partial charge on any atom is -0.381 e. The molecular formula is C19H25NO4. The zero-order chi connectivity index (χ0) is 16.9. The Morgan fingerprint density at radius 1 is 1.00 bits per heavy atom. The summed E-state index contributed by atoms with van der Waals surface area (Å²) in [6.45, 7) is 4.42. The maximum absolute atomic E-state index is 12.7. The number of hydrogen-bond donors (Lipinski definition) is 1. The topological polar surface area (TPSA) is 64.6 Å². The number of hydrogen-bond acceptors (Lipinski definition) is 4. The van der Waals surface area contributed by atoms with Crippen molar-refractivity contribution in [2.24, 2.45) is 11.8 Å². The Balaban J connectivity index is 1.73. The molecule has 0 aliphatic carbocycles. The highest BCUT2D eigenvalue weighted by molar-refractivity contribution is 6.07. The Bertz CT molecular complexity index is 595. The van der Waals surface area contributed by atoms with E-state index in [0.29, 0.717) is 36.2 Å². The fourth-order valence-corrected chi connectivity index (χ4v) is 3.78. The lowest BCUT2D eigenvalue weighted by atomic mass is 9.79. The van der Waals surface area contributed by atoms with Crippen LogP contribution in [0.25, 0.3) is 0 Å². The second kappa shape index (κ2) is 7.90. The molecule has 3 rings (SSSR count). The van der Waals surface area contributed by atoms with Gasteiger partial charge in [-0.05, 0) is 38.2 Å². The molecule has 0 aromatic heterocycles. The van der Waals surface area contributed by atoms with E-state index in [0.717, 1.165) is 32.5 Å². The van der Waals surface area contributed by atoms with Gasteiger partial charge in [0, 0.05) is 37.3 Å². The Morgan fingerprint density at radius 2 is 1.67 bits per heavy atom. The lowest BCUT2D eigenvalue weighted by Crippen LogP contribution is -2.49. The molecule has 2 aliphatic heterocycles. The van der Waals surface area contributed by atoms with Gasteiger partial charge in [-0.25, -0.2) is 0 Å². The highest BCUT2D eigenvalue weighted by Gasteiger charge is 2.34. The van der Waals surface area contributed by atoms with Crippen LogP contribution < -0.4 is 5.32 Å². The molecule has 5 heteroatoms. The van der Waals surface area contributed by atoms with E-state index < -0.39 is 0 Å². The van der Waals surface area contributed by atoms with Crippen molar-refractivity contribution in [1.29, 1.82) is 0 Å². The van der Waals surface area contributed by atoms with Crippen molar-refractivity contribution in [2.45, 2.75) is 32.2 Å². The summed E-state index contributed by atoms with van der Waals surface area (Å²) in [5, 5.41) is 3.17. The van der Waals surface area contributed by atoms with E-state index in [1.165, 1.54) is 6.92 Å². The van der Waals surface area contributed by atoms with Crippen molar-refractivity contribution < 1.29 is 19.1 Å². The lowest BCUT2D eigenvalue weighted by Gasteiger charge is -2.39. The third-order valence-electron chi connectivity index (χ3n) is 5.14. The number of amides is 1. The fourth-order valence-electron chi connectivity index (χ4n) is 3.78. The Hall–Kier alpha value is -1.72. The molecule has 0 bridgehead atoms. The summed E-state index contributed by atoms with van der Waals surface area (Å²) in [6.07, 6.45) is 2.85. The molecule has 2 fully saturated rings. The van der Waals surface area contributed by atoms with Crippen molar-refractivity contribution in [3.8, 4) is 0 Å². The van der Waals surface area contributed by atoms with Gasteiger partial charge in [-0.2, -0.15) is 0 Å². The number of ketones is 1. The van der Waals surface area contributed by atoms with E-state index in [1.54, 1.807) is 24.3 Å². The third kappa shape index (κ3) is 3.84. The highest BCUT2D eigenvalue weighted by Crippen LogP contribution is 2.30. The third-order valence-corrected chi connectivity index (χ3v) is 5.14. The van der Waals surface area contributed by atoms with Crippen LogP contribution >= 0.6 is 0 Å². The van der Waals surface area contributed by atoms with Gasteiger partial charge in [0.25, 0.3) is 5.91 Å². The van der Waals surface area contributed by atoms with Crippen LogP contribution in [0.1, 0.15) is 46.9 Å². The second-order valence-electron chi connectivity index (χ2n) is 6.66. The molecule has 130 valence electrons. The minimum atomic E-state index is -0.162. The summed E-state index contributed by atoms with van der Waals surface area (Å²) in [7, 11) is 0. The Labute approximate surface area is 142 Å². The molecule has 1 aromatic rings. The van der Waals surface area contributed by atoms with Crippen molar-refractivity contribution in [3.63, 3.8) is 0 Å². The van der Waals surface area contributed by atoms with Crippen LogP contribution in [0.3, 0.4) is 0 Å². The lowest BCUT2D eigenvalue weighted by molar-refractivity contribution is -0.0259. The molecule has 0 saturated carbocycles. The molecular weight excluding hydrogens is 306 g/mol. The summed E-state index contributed by atoms with van der Waals surface area (Å²) >= 11 is 0. The zero-order valence-corrected chi connectivity index (χ0v) is 14.1. The Morgan fingerprint density at radius 3 is 2.38 bits per heavy atom. The van der Waals surface area contributed by atoms with Gasteiger partial charge in [-0.3, -0.25) is 9.59 Å². The molecule has 2 heterocycles. The van der Waals surface area contributed by atoms with Gasteiger partial charge in [0.2, 0.25) is 0 Å². The van der Waals surface area contributed by atoms with E-state index >= 15 is 0 Å². The molecule has 1 N–H and O–H groups in total. The predicted molar refractivity (Wildman–Crippen MR) is 90.2 cm³/mol. The first-order valence-corrected chi connectivity index (χ1v) is 8.73. The maximum Gasteiger partial charge on any atom is 0.252 e. The van der Waals surface area contributed by atoms with Gasteiger partial charge < -0.3 is 14.8 Å². The first-order valence-electron chi connectivity index (χ1n) is 8.73. The van der Waals surface area contributed by atoms with E-state index in [2.05, 4.69) is 5.32 Å². The first kappa shape index (κ1) is 17.1. The number of ether oxygens (including phenoxy) is 2. The zero-order valence-electron chi connectivity index (χ0n) is 14.1. The molecule has 24 heavy (non-hydrogen) atoms. The summed E-state index contributed by atoms with van der Waals surface area (Å²) in [5.74, 6) is 0.585. The summed E-state index contributed by atoms with van der Waals surface area (Å²) in [6, 6.07) is 7.09. The summed E-state index contributed by atoms with van der Waals surface area (Å²) in [5.41, 5.74) is 0.937. The van der Waals surface area contributed by atoms with Crippen LogP contribution in [-0.4, -0.2) is 44.2 Å². The van der Waals surface area contributed by atoms with Crippen molar-refractivity contribution in [1.82, 2.24) is 5.32 Å². The number of rotatable bonds is 4. The van der Waals surface area contributed by atoms with Crippen molar-refractivity contribution >= 4 is 11.7 Å². The van der Waals surface area contributed by atoms with E-state index in [-0.39, 0.29) is 17.7 Å². The van der Waals surface area contributed by atoms with E-state index in [4.69, 9.17) is 9.47 Å². The summed E-state index contributed by atoms with van der Waals surface area (Å²) < 4.78 is 11.1. The molecule has 0 spiro atoms. The van der Waals surface area contributed by atoms with Crippen molar-refractivity contribution in [3.05, 3.63) is 35.4 Å². The molecule has 1 aromatic carbocycles. The number of carbonyl (C=O) groups is 2. The standard InChI is InChI=1S/C19H25NO4/c1-13(21)15-4-2-3-5-16(15)19(22)20-18-8-11-24-12-17(18)14-6-9-23-10-7-14/h2-5,14,17-18H,6-12H2,1H3,(H,20,22)/t17-,18-/m0/s1. The molecule has 5 nitrogen and oxygen atoms in total. The quantitative estimate of drug-likeness (QED) is 0.861. The average molecular weight is 331 g/mol. The maximum atomic E-state index is 12.7. The number of carbonyl (C=O) groups excluding carboxylic acids is 2. The van der Waals surface area contributed by atoms with Gasteiger partial charge in [0.15, 0.2) is 5.78 Å². The van der Waals surface area contributed by atoms with Crippen molar-refractivity contribution in [2.75, 3.05) is 26.4 Å². The van der Waals surface area contributed by atoms with Gasteiger partial charge in [-0.1, -0.05) is 18.2 Å². The number of benzene rings is 1. The smallest absolute Gasteiger partial charge is 0.252 e.